The van der Waals surface area contributed by atoms with Crippen LogP contribution in [0, 0.1) is 13.8 Å². The Labute approximate surface area is 121 Å². The van der Waals surface area contributed by atoms with Crippen LogP contribution in [0.15, 0.2) is 18.2 Å². The van der Waals surface area contributed by atoms with E-state index < -0.39 is 5.54 Å². The van der Waals surface area contributed by atoms with Gasteiger partial charge < -0.3 is 14.8 Å². The molecule has 1 aromatic rings. The van der Waals surface area contributed by atoms with E-state index in [0.717, 1.165) is 16.9 Å². The summed E-state index contributed by atoms with van der Waals surface area (Å²) in [4.78, 5) is 11.8. The van der Waals surface area contributed by atoms with Crippen molar-refractivity contribution in [3.8, 4) is 5.75 Å². The molecule has 1 rings (SSSR count). The quantitative estimate of drug-likeness (QED) is 0.813. The minimum atomic E-state index is -0.743. The van der Waals surface area contributed by atoms with Crippen LogP contribution in [0.1, 0.15) is 31.4 Å². The summed E-state index contributed by atoms with van der Waals surface area (Å²) in [7, 11) is 3.15. The molecule has 0 bridgehead atoms. The van der Waals surface area contributed by atoms with Gasteiger partial charge in [0.2, 0.25) is 0 Å². The van der Waals surface area contributed by atoms with Gasteiger partial charge in [-0.25, -0.2) is 0 Å². The second-order valence-corrected chi connectivity index (χ2v) is 5.53. The smallest absolute Gasteiger partial charge is 0.325 e. The number of methoxy groups -OCH3 is 1. The number of esters is 1. The Morgan fingerprint density at radius 3 is 2.30 bits per heavy atom. The minimum absolute atomic E-state index is 0.104. The van der Waals surface area contributed by atoms with Crippen molar-refractivity contribution >= 4 is 5.97 Å². The van der Waals surface area contributed by atoms with Crippen LogP contribution in [0.2, 0.25) is 0 Å². The van der Waals surface area contributed by atoms with Crippen molar-refractivity contribution in [2.24, 2.45) is 0 Å². The molecule has 0 aliphatic rings. The molecule has 2 unspecified atom stereocenters. The number of likely N-dealkylation sites (N-methyl/N-ethyl adjacent to an activating group) is 1. The monoisotopic (exact) mass is 279 g/mol. The van der Waals surface area contributed by atoms with Crippen molar-refractivity contribution in [2.45, 2.75) is 45.8 Å². The summed E-state index contributed by atoms with van der Waals surface area (Å²) in [5.41, 5.74) is 1.58. The van der Waals surface area contributed by atoms with E-state index in [1.807, 2.05) is 39.8 Å². The highest BCUT2D eigenvalue weighted by atomic mass is 16.5. The molecule has 0 saturated carbocycles. The lowest BCUT2D eigenvalue weighted by Gasteiger charge is -2.29. The van der Waals surface area contributed by atoms with E-state index in [1.165, 1.54) is 7.11 Å². The lowest BCUT2D eigenvalue weighted by atomic mass is 9.95. The summed E-state index contributed by atoms with van der Waals surface area (Å²) >= 11 is 0. The number of ether oxygens (including phenoxy) is 2. The zero-order valence-electron chi connectivity index (χ0n) is 13.2. The van der Waals surface area contributed by atoms with Crippen molar-refractivity contribution < 1.29 is 14.3 Å². The maximum atomic E-state index is 11.8. The van der Waals surface area contributed by atoms with Gasteiger partial charge in [0.15, 0.2) is 0 Å². The maximum Gasteiger partial charge on any atom is 0.325 e. The lowest BCUT2D eigenvalue weighted by Crippen LogP contribution is -2.50. The van der Waals surface area contributed by atoms with Crippen LogP contribution in [0.25, 0.3) is 0 Å². The summed E-state index contributed by atoms with van der Waals surface area (Å²) in [6.07, 6.45) is 0.427. The molecule has 0 heterocycles. The average Bonchev–Trinajstić information content (AvgIpc) is 2.35. The van der Waals surface area contributed by atoms with Gasteiger partial charge in [0.25, 0.3) is 0 Å². The Kier molecular flexibility index (Phi) is 5.57. The van der Waals surface area contributed by atoms with Crippen molar-refractivity contribution in [2.75, 3.05) is 14.2 Å². The molecule has 1 N–H and O–H groups in total. The molecule has 0 spiro atoms. The van der Waals surface area contributed by atoms with Gasteiger partial charge >= 0.3 is 5.97 Å². The summed E-state index contributed by atoms with van der Waals surface area (Å²) in [5, 5.41) is 3.01. The molecule has 0 saturated heterocycles. The molecule has 4 nitrogen and oxygen atoms in total. The van der Waals surface area contributed by atoms with E-state index >= 15 is 0 Å². The second-order valence-electron chi connectivity index (χ2n) is 5.53. The third kappa shape index (κ3) is 4.23. The van der Waals surface area contributed by atoms with Crippen LogP contribution < -0.4 is 10.1 Å². The molecular weight excluding hydrogens is 254 g/mol. The highest BCUT2D eigenvalue weighted by Gasteiger charge is 2.34. The molecule has 0 amide bonds. The van der Waals surface area contributed by atoms with Gasteiger partial charge in [0.05, 0.1) is 13.2 Å². The molecule has 0 aliphatic heterocycles. The number of carbonyl (C=O) groups is 1. The lowest BCUT2D eigenvalue weighted by molar-refractivity contribution is -0.148. The zero-order valence-corrected chi connectivity index (χ0v) is 13.2. The molecule has 0 aliphatic carbocycles. The van der Waals surface area contributed by atoms with E-state index in [4.69, 9.17) is 9.47 Å². The summed E-state index contributed by atoms with van der Waals surface area (Å²) in [6.45, 7) is 7.85. The molecule has 1 aromatic carbocycles. The molecular formula is C16H25NO3. The Balaban J connectivity index is 2.75. The summed E-state index contributed by atoms with van der Waals surface area (Å²) in [5.74, 6) is 0.550. The predicted octanol–water partition coefficient (Wildman–Crippen LogP) is 2.61. The highest BCUT2D eigenvalue weighted by Crippen LogP contribution is 2.21. The Morgan fingerprint density at radius 1 is 1.30 bits per heavy atom. The first-order chi connectivity index (χ1) is 9.30. The van der Waals surface area contributed by atoms with Gasteiger partial charge in [-0.2, -0.15) is 0 Å². The third-order valence-electron chi connectivity index (χ3n) is 3.42. The first kappa shape index (κ1) is 16.5. The fourth-order valence-electron chi connectivity index (χ4n) is 2.36. The SMILES string of the molecule is CNC(C)(CC(C)Oc1cc(C)cc(C)c1)C(=O)OC. The van der Waals surface area contributed by atoms with Crippen LogP contribution in [0.4, 0.5) is 0 Å². The molecule has 0 radical (unpaired) electrons. The minimum Gasteiger partial charge on any atom is -0.491 e. The number of hydrogen-bond donors (Lipinski definition) is 1. The van der Waals surface area contributed by atoms with Crippen molar-refractivity contribution in [1.82, 2.24) is 5.32 Å². The number of benzene rings is 1. The number of hydrogen-bond acceptors (Lipinski definition) is 4. The van der Waals surface area contributed by atoms with E-state index in [0.29, 0.717) is 6.42 Å². The maximum absolute atomic E-state index is 11.8. The first-order valence-corrected chi connectivity index (χ1v) is 6.83. The number of aryl methyl sites for hydroxylation is 2. The fourth-order valence-corrected chi connectivity index (χ4v) is 2.36. The summed E-state index contributed by atoms with van der Waals surface area (Å²) < 4.78 is 10.8. The zero-order chi connectivity index (χ0) is 15.3. The molecule has 112 valence electrons. The van der Waals surface area contributed by atoms with Crippen LogP contribution in [0.3, 0.4) is 0 Å². The van der Waals surface area contributed by atoms with Gasteiger partial charge in [0, 0.05) is 6.42 Å². The largest absolute Gasteiger partial charge is 0.491 e. The van der Waals surface area contributed by atoms with Crippen LogP contribution in [0.5, 0.6) is 5.75 Å². The number of carbonyl (C=O) groups excluding carboxylic acids is 1. The highest BCUT2D eigenvalue weighted by molar-refractivity contribution is 5.80. The molecule has 4 heteroatoms. The normalized spacial score (nSPS) is 15.3. The molecule has 2 atom stereocenters. The Morgan fingerprint density at radius 2 is 1.85 bits per heavy atom. The van der Waals surface area contributed by atoms with Crippen molar-refractivity contribution in [3.63, 3.8) is 0 Å². The third-order valence-corrected chi connectivity index (χ3v) is 3.42. The van der Waals surface area contributed by atoms with Crippen LogP contribution in [-0.4, -0.2) is 31.8 Å². The van der Waals surface area contributed by atoms with E-state index in [-0.39, 0.29) is 12.1 Å². The Hall–Kier alpha value is -1.55. The number of rotatable bonds is 6. The van der Waals surface area contributed by atoms with Gasteiger partial charge in [-0.15, -0.1) is 0 Å². The molecule has 0 aromatic heterocycles. The van der Waals surface area contributed by atoms with Gasteiger partial charge in [0.1, 0.15) is 11.3 Å². The van der Waals surface area contributed by atoms with Crippen LogP contribution >= 0.6 is 0 Å². The Bertz CT molecular complexity index is 453. The summed E-state index contributed by atoms with van der Waals surface area (Å²) in [6, 6.07) is 6.10. The molecule has 0 fully saturated rings. The van der Waals surface area contributed by atoms with E-state index in [1.54, 1.807) is 7.05 Å². The molecule has 20 heavy (non-hydrogen) atoms. The van der Waals surface area contributed by atoms with Gasteiger partial charge in [-0.3, -0.25) is 4.79 Å². The van der Waals surface area contributed by atoms with E-state index in [2.05, 4.69) is 11.4 Å². The fraction of sp³-hybridized carbons (Fsp3) is 0.562. The van der Waals surface area contributed by atoms with Crippen molar-refractivity contribution in [3.05, 3.63) is 29.3 Å². The van der Waals surface area contributed by atoms with E-state index in [9.17, 15) is 4.79 Å². The van der Waals surface area contributed by atoms with Gasteiger partial charge in [-0.1, -0.05) is 6.07 Å². The van der Waals surface area contributed by atoms with Gasteiger partial charge in [-0.05, 0) is 58.0 Å². The van der Waals surface area contributed by atoms with Crippen LogP contribution in [-0.2, 0) is 9.53 Å². The second kappa shape index (κ2) is 6.75. The predicted molar refractivity (Wildman–Crippen MR) is 80.1 cm³/mol. The standard InChI is InChI=1S/C16H25NO3/c1-11-7-12(2)9-14(8-11)20-13(3)10-16(4,17-5)15(18)19-6/h7-9,13,17H,10H2,1-6H3. The van der Waals surface area contributed by atoms with Crippen molar-refractivity contribution in [1.29, 1.82) is 0 Å². The topological polar surface area (TPSA) is 47.6 Å². The number of nitrogens with one attached hydrogen (secondary N) is 1. The average molecular weight is 279 g/mol. The first-order valence-electron chi connectivity index (χ1n) is 6.83.